The van der Waals surface area contributed by atoms with Crippen LogP contribution in [-0.2, 0) is 10.1 Å². The third-order valence-electron chi connectivity index (χ3n) is 4.60. The van der Waals surface area contributed by atoms with Crippen LogP contribution in [0.2, 0.25) is 18.1 Å². The van der Waals surface area contributed by atoms with Crippen molar-refractivity contribution in [2.24, 2.45) is 5.41 Å². The third kappa shape index (κ3) is 4.75. The molecule has 0 aromatic carbocycles. The average molecular weight is 402 g/mol. The second-order valence-corrected chi connectivity index (χ2v) is 10.6. The van der Waals surface area contributed by atoms with Gasteiger partial charge in [-0.1, -0.05) is 32.4 Å². The van der Waals surface area contributed by atoms with Crippen LogP contribution in [0.15, 0.2) is 12.3 Å². The summed E-state index contributed by atoms with van der Waals surface area (Å²) in [5.41, 5.74) is -0.771. The summed E-state index contributed by atoms with van der Waals surface area (Å²) in [7, 11) is -0.969. The summed E-state index contributed by atoms with van der Waals surface area (Å²) in [6.45, 7) is 10.6. The number of alkyl halides is 1. The minimum Gasteiger partial charge on any atom is -0.465 e. The molecule has 1 N–H and O–H groups in total. The predicted octanol–water partition coefficient (Wildman–Crippen LogP) is 5.03. The van der Waals surface area contributed by atoms with Gasteiger partial charge in [0.15, 0.2) is 0 Å². The average Bonchev–Trinajstić information content (AvgIpc) is 2.52. The van der Waals surface area contributed by atoms with Crippen molar-refractivity contribution in [2.75, 3.05) is 13.1 Å². The summed E-state index contributed by atoms with van der Waals surface area (Å²) in [5.74, 6) is 0. The van der Waals surface area contributed by atoms with E-state index in [2.05, 4.69) is 38.8 Å². The van der Waals surface area contributed by atoms with Crippen molar-refractivity contribution in [3.8, 4) is 0 Å². The van der Waals surface area contributed by atoms with Gasteiger partial charge in [0.2, 0.25) is 9.04 Å². The zero-order valence-corrected chi connectivity index (χ0v) is 17.7. The van der Waals surface area contributed by atoms with Crippen LogP contribution >= 0.6 is 11.6 Å². The fourth-order valence-corrected chi connectivity index (χ4v) is 4.31. The fraction of sp³-hybridized carbons (Fsp3) is 0.667. The maximum atomic E-state index is 15.4. The summed E-state index contributed by atoms with van der Waals surface area (Å²) in [4.78, 5) is 16.7. The van der Waals surface area contributed by atoms with Crippen LogP contribution in [0.3, 0.4) is 0 Å². The minimum absolute atomic E-state index is 0.104. The van der Waals surface area contributed by atoms with E-state index >= 15 is 4.39 Å². The first-order valence-corrected chi connectivity index (χ1v) is 11.5. The number of rotatable bonds is 4. The van der Waals surface area contributed by atoms with Crippen molar-refractivity contribution in [2.45, 2.75) is 58.5 Å². The summed E-state index contributed by atoms with van der Waals surface area (Å²) >= 11 is 6.47. The van der Waals surface area contributed by atoms with Gasteiger partial charge in [-0.05, 0) is 24.6 Å². The highest BCUT2D eigenvalue weighted by atomic mass is 35.5. The number of aromatic nitrogens is 1. The number of nitrogens with zero attached hydrogens (tertiary/aromatic N) is 2. The monoisotopic (exact) mass is 401 g/mol. The van der Waals surface area contributed by atoms with E-state index in [1.165, 1.54) is 11.1 Å². The molecule has 1 unspecified atom stereocenters. The molecule has 1 aliphatic rings. The van der Waals surface area contributed by atoms with Gasteiger partial charge in [-0.25, -0.2) is 9.18 Å². The highest BCUT2D eigenvalue weighted by Gasteiger charge is 2.39. The Balaban J connectivity index is 2.27. The lowest BCUT2D eigenvalue weighted by Crippen LogP contribution is -2.42. The summed E-state index contributed by atoms with van der Waals surface area (Å²) < 4.78 is 21.5. The zero-order valence-electron chi connectivity index (χ0n) is 16.0. The second kappa shape index (κ2) is 7.82. The number of amides is 1. The summed E-state index contributed by atoms with van der Waals surface area (Å²) in [6.07, 6.45) is 0.454. The van der Waals surface area contributed by atoms with Gasteiger partial charge < -0.3 is 14.4 Å². The van der Waals surface area contributed by atoms with Crippen molar-refractivity contribution in [1.82, 2.24) is 9.88 Å². The summed E-state index contributed by atoms with van der Waals surface area (Å²) in [6, 6.07) is 1.63. The first-order valence-electron chi connectivity index (χ1n) is 8.73. The minimum atomic E-state index is -1.61. The van der Waals surface area contributed by atoms with E-state index in [1.807, 2.05) is 0 Å². The lowest BCUT2D eigenvalue weighted by molar-refractivity contribution is 0.0545. The fourth-order valence-electron chi connectivity index (χ4n) is 3.11. The molecular weight excluding hydrogens is 375 g/mol. The van der Waals surface area contributed by atoms with Crippen molar-refractivity contribution in [1.29, 1.82) is 0 Å². The van der Waals surface area contributed by atoms with Crippen LogP contribution in [0.25, 0.3) is 0 Å². The Bertz CT molecular complexity index is 658. The standard InChI is InChI=1S/C18H27ClFN2O3Si/c1-17(2,3)15(25-26(4)5)14-13(19)10-12(11-21-14)18(20)6-8-22(9-7-18)16(23)24/h10-11,15H,6-9H2,1-5H3,(H,23,24). The Morgan fingerprint density at radius 1 is 1.42 bits per heavy atom. The van der Waals surface area contributed by atoms with Crippen LogP contribution < -0.4 is 0 Å². The Kier molecular flexibility index (Phi) is 6.35. The van der Waals surface area contributed by atoms with Crippen LogP contribution in [-0.4, -0.2) is 43.2 Å². The Labute approximate surface area is 161 Å². The molecule has 8 heteroatoms. The van der Waals surface area contributed by atoms with Crippen molar-refractivity contribution < 1.29 is 18.7 Å². The van der Waals surface area contributed by atoms with E-state index in [9.17, 15) is 4.79 Å². The molecule has 1 aliphatic heterocycles. The smallest absolute Gasteiger partial charge is 0.407 e. The van der Waals surface area contributed by atoms with E-state index in [1.54, 1.807) is 6.07 Å². The van der Waals surface area contributed by atoms with Gasteiger partial charge >= 0.3 is 6.09 Å². The molecule has 1 fully saturated rings. The van der Waals surface area contributed by atoms with Crippen LogP contribution in [0, 0.1) is 5.41 Å². The molecule has 2 heterocycles. The van der Waals surface area contributed by atoms with E-state index < -0.39 is 20.8 Å². The molecule has 1 atom stereocenters. The normalized spacial score (nSPS) is 18.8. The molecule has 1 radical (unpaired) electrons. The zero-order chi connectivity index (χ0) is 19.7. The molecule has 0 bridgehead atoms. The molecular formula is C18H27ClFN2O3Si. The van der Waals surface area contributed by atoms with E-state index in [4.69, 9.17) is 21.1 Å². The maximum absolute atomic E-state index is 15.4. The van der Waals surface area contributed by atoms with Crippen LogP contribution in [0.4, 0.5) is 9.18 Å². The van der Waals surface area contributed by atoms with Gasteiger partial charge in [0, 0.05) is 37.7 Å². The number of hydrogen-bond donors (Lipinski definition) is 1. The first-order chi connectivity index (χ1) is 11.9. The van der Waals surface area contributed by atoms with Crippen LogP contribution in [0.1, 0.15) is 51.0 Å². The second-order valence-electron chi connectivity index (χ2n) is 8.10. The number of carboxylic acid groups (broad SMARTS) is 1. The lowest BCUT2D eigenvalue weighted by Gasteiger charge is -2.36. The third-order valence-corrected chi connectivity index (χ3v) is 5.61. The van der Waals surface area contributed by atoms with Crippen molar-refractivity contribution >= 4 is 26.7 Å². The molecule has 1 aromatic heterocycles. The molecule has 5 nitrogen and oxygen atoms in total. The number of hydrogen-bond acceptors (Lipinski definition) is 3. The number of pyridine rings is 1. The van der Waals surface area contributed by atoms with Gasteiger partial charge in [0.05, 0.1) is 16.8 Å². The Hall–Kier alpha value is -1.18. The molecule has 0 saturated carbocycles. The first kappa shape index (κ1) is 21.1. The Morgan fingerprint density at radius 3 is 2.42 bits per heavy atom. The van der Waals surface area contributed by atoms with Crippen molar-refractivity contribution in [3.05, 3.63) is 28.5 Å². The van der Waals surface area contributed by atoms with Crippen LogP contribution in [0.5, 0.6) is 0 Å². The maximum Gasteiger partial charge on any atom is 0.407 e. The van der Waals surface area contributed by atoms with E-state index in [0.29, 0.717) is 16.3 Å². The van der Waals surface area contributed by atoms with E-state index in [0.717, 1.165) is 0 Å². The van der Waals surface area contributed by atoms with Gasteiger partial charge in [-0.3, -0.25) is 4.98 Å². The molecule has 0 spiro atoms. The van der Waals surface area contributed by atoms with E-state index in [-0.39, 0.29) is 37.5 Å². The van der Waals surface area contributed by atoms with Crippen molar-refractivity contribution in [3.63, 3.8) is 0 Å². The molecule has 145 valence electrons. The molecule has 0 aliphatic carbocycles. The highest BCUT2D eigenvalue weighted by Crippen LogP contribution is 2.42. The van der Waals surface area contributed by atoms with Gasteiger partial charge in [-0.15, -0.1) is 0 Å². The lowest BCUT2D eigenvalue weighted by atomic mass is 9.85. The predicted molar refractivity (Wildman–Crippen MR) is 102 cm³/mol. The summed E-state index contributed by atoms with van der Waals surface area (Å²) in [5, 5.41) is 9.42. The molecule has 26 heavy (non-hydrogen) atoms. The number of halogens is 2. The molecule has 1 saturated heterocycles. The topological polar surface area (TPSA) is 62.7 Å². The molecule has 1 amide bonds. The van der Waals surface area contributed by atoms with Gasteiger partial charge in [-0.2, -0.15) is 0 Å². The quantitative estimate of drug-likeness (QED) is 0.719. The Morgan fingerprint density at radius 2 is 2.00 bits per heavy atom. The highest BCUT2D eigenvalue weighted by molar-refractivity contribution is 6.48. The molecule has 2 rings (SSSR count). The van der Waals surface area contributed by atoms with Gasteiger partial charge in [0.1, 0.15) is 5.67 Å². The number of piperidine rings is 1. The number of carbonyl (C=O) groups is 1. The molecule has 1 aromatic rings. The number of likely N-dealkylation sites (tertiary alicyclic amines) is 1. The van der Waals surface area contributed by atoms with Gasteiger partial charge in [0.25, 0.3) is 0 Å². The largest absolute Gasteiger partial charge is 0.465 e. The SMILES string of the molecule is C[Si](C)OC(c1ncc(C2(F)CCN(C(=O)O)CC2)cc1Cl)C(C)(C)C.